The van der Waals surface area contributed by atoms with Gasteiger partial charge in [0.05, 0.1) is 6.26 Å². The van der Waals surface area contributed by atoms with Crippen molar-refractivity contribution in [2.24, 2.45) is 5.92 Å². The molecule has 0 amide bonds. The van der Waals surface area contributed by atoms with Gasteiger partial charge >= 0.3 is 0 Å². The first-order chi connectivity index (χ1) is 12.2. The smallest absolute Gasteiger partial charge is 0.134 e. The van der Waals surface area contributed by atoms with Crippen LogP contribution in [0.25, 0.3) is 21.7 Å². The normalized spacial score (nSPS) is 14.0. The van der Waals surface area contributed by atoms with E-state index in [9.17, 15) is 5.11 Å². The third-order valence-corrected chi connectivity index (χ3v) is 5.27. The molecule has 4 rings (SSSR count). The molecule has 0 bridgehead atoms. The molecule has 2 unspecified atom stereocenters. The Kier molecular flexibility index (Phi) is 3.96. The number of phenolic OH excluding ortho intramolecular Hbond substituents is 1. The number of hydrogen-bond acceptors (Lipinski definition) is 2. The fourth-order valence-corrected chi connectivity index (χ4v) is 3.73. The summed E-state index contributed by atoms with van der Waals surface area (Å²) in [5.74, 6) is 1.09. The van der Waals surface area contributed by atoms with Crippen molar-refractivity contribution in [2.75, 3.05) is 0 Å². The van der Waals surface area contributed by atoms with E-state index in [1.807, 2.05) is 30.5 Å². The lowest BCUT2D eigenvalue weighted by atomic mass is 9.80. The summed E-state index contributed by atoms with van der Waals surface area (Å²) in [7, 11) is 0. The molecule has 0 aliphatic heterocycles. The fraction of sp³-hybridized carbons (Fsp3) is 0.217. The summed E-state index contributed by atoms with van der Waals surface area (Å²) in [6.45, 7) is 4.53. The third-order valence-electron chi connectivity index (χ3n) is 5.27. The van der Waals surface area contributed by atoms with Crippen LogP contribution in [0.15, 0.2) is 71.3 Å². The molecule has 0 saturated carbocycles. The van der Waals surface area contributed by atoms with Crippen molar-refractivity contribution >= 4 is 21.7 Å². The highest BCUT2D eigenvalue weighted by Gasteiger charge is 2.24. The molecular weight excluding hydrogens is 308 g/mol. The predicted octanol–water partition coefficient (Wildman–Crippen LogP) is 6.47. The van der Waals surface area contributed by atoms with E-state index in [2.05, 4.69) is 44.2 Å². The summed E-state index contributed by atoms with van der Waals surface area (Å²) in [5, 5.41) is 13.1. The summed E-state index contributed by atoms with van der Waals surface area (Å²) in [6, 6.07) is 20.3. The molecule has 0 radical (unpaired) electrons. The average molecular weight is 330 g/mol. The topological polar surface area (TPSA) is 33.4 Å². The molecule has 0 fully saturated rings. The largest absolute Gasteiger partial charge is 0.508 e. The van der Waals surface area contributed by atoms with E-state index in [-0.39, 0.29) is 5.92 Å². The van der Waals surface area contributed by atoms with Crippen molar-refractivity contribution in [2.45, 2.75) is 26.2 Å². The average Bonchev–Trinajstić information content (AvgIpc) is 3.06. The zero-order chi connectivity index (χ0) is 17.4. The maximum atomic E-state index is 9.69. The highest BCUT2D eigenvalue weighted by atomic mass is 16.3. The summed E-state index contributed by atoms with van der Waals surface area (Å²) in [5.41, 5.74) is 3.48. The number of furan rings is 1. The van der Waals surface area contributed by atoms with Gasteiger partial charge in [-0.05, 0) is 40.5 Å². The van der Waals surface area contributed by atoms with Gasteiger partial charge in [0.25, 0.3) is 0 Å². The van der Waals surface area contributed by atoms with E-state index in [0.717, 1.165) is 22.8 Å². The van der Waals surface area contributed by atoms with E-state index in [4.69, 9.17) is 4.42 Å². The van der Waals surface area contributed by atoms with E-state index < -0.39 is 0 Å². The van der Waals surface area contributed by atoms with Crippen LogP contribution in [-0.2, 0) is 0 Å². The van der Waals surface area contributed by atoms with Crippen LogP contribution in [0.4, 0.5) is 0 Å². The first-order valence-corrected chi connectivity index (χ1v) is 8.86. The number of para-hydroxylation sites is 1. The van der Waals surface area contributed by atoms with Crippen molar-refractivity contribution in [1.29, 1.82) is 0 Å². The summed E-state index contributed by atoms with van der Waals surface area (Å²) < 4.78 is 5.82. The number of rotatable bonds is 4. The van der Waals surface area contributed by atoms with Gasteiger partial charge < -0.3 is 9.52 Å². The van der Waals surface area contributed by atoms with Crippen molar-refractivity contribution in [3.05, 3.63) is 78.1 Å². The lowest BCUT2D eigenvalue weighted by Gasteiger charge is -2.23. The van der Waals surface area contributed by atoms with Gasteiger partial charge in [-0.3, -0.25) is 0 Å². The van der Waals surface area contributed by atoms with Crippen molar-refractivity contribution in [3.63, 3.8) is 0 Å². The van der Waals surface area contributed by atoms with Gasteiger partial charge in [-0.25, -0.2) is 0 Å². The molecule has 2 heteroatoms. The fourth-order valence-electron chi connectivity index (χ4n) is 3.73. The molecule has 2 nitrogen and oxygen atoms in total. The minimum atomic E-state index is 0.284. The first kappa shape index (κ1) is 15.8. The number of hydrogen-bond donors (Lipinski definition) is 1. The molecule has 0 saturated heterocycles. The zero-order valence-electron chi connectivity index (χ0n) is 14.6. The van der Waals surface area contributed by atoms with E-state index in [1.165, 1.54) is 16.5 Å². The van der Waals surface area contributed by atoms with Crippen LogP contribution in [0.2, 0.25) is 0 Å². The lowest BCUT2D eigenvalue weighted by Crippen LogP contribution is -2.10. The van der Waals surface area contributed by atoms with Crippen LogP contribution < -0.4 is 0 Å². The second kappa shape index (κ2) is 6.29. The van der Waals surface area contributed by atoms with Gasteiger partial charge in [0.2, 0.25) is 0 Å². The quantitative estimate of drug-likeness (QED) is 0.465. The molecule has 0 aliphatic rings. The second-order valence-electron chi connectivity index (χ2n) is 6.84. The monoisotopic (exact) mass is 330 g/mol. The molecule has 1 heterocycles. The maximum absolute atomic E-state index is 9.69. The number of benzene rings is 3. The Bertz CT molecular complexity index is 1030. The van der Waals surface area contributed by atoms with Gasteiger partial charge in [0.15, 0.2) is 0 Å². The molecule has 3 aromatic carbocycles. The molecule has 1 N–H and O–H groups in total. The van der Waals surface area contributed by atoms with Gasteiger partial charge in [-0.15, -0.1) is 0 Å². The molecular formula is C23H22O2. The molecule has 0 spiro atoms. The predicted molar refractivity (Wildman–Crippen MR) is 103 cm³/mol. The molecule has 126 valence electrons. The van der Waals surface area contributed by atoms with Gasteiger partial charge in [-0.1, -0.05) is 62.7 Å². The standard InChI is InChI=1S/C23H22O2/c1-3-15(2)23(21-14-25-22-7-5-4-6-20(21)22)18-9-8-17-13-19(24)11-10-16(17)12-18/h4-15,23-24H,3H2,1-2H3. The Morgan fingerprint density at radius 2 is 1.72 bits per heavy atom. The highest BCUT2D eigenvalue weighted by Crippen LogP contribution is 2.39. The summed E-state index contributed by atoms with van der Waals surface area (Å²) in [4.78, 5) is 0. The Morgan fingerprint density at radius 3 is 2.56 bits per heavy atom. The molecule has 1 aromatic heterocycles. The van der Waals surface area contributed by atoms with Crippen LogP contribution in [-0.4, -0.2) is 5.11 Å². The lowest BCUT2D eigenvalue weighted by molar-refractivity contribution is 0.476. The number of phenols is 1. The van der Waals surface area contributed by atoms with E-state index in [1.54, 1.807) is 6.07 Å². The Hall–Kier alpha value is -2.74. The maximum Gasteiger partial charge on any atom is 0.134 e. The van der Waals surface area contributed by atoms with Gasteiger partial charge in [0.1, 0.15) is 11.3 Å². The number of aromatic hydroxyl groups is 1. The van der Waals surface area contributed by atoms with Gasteiger partial charge in [-0.2, -0.15) is 0 Å². The van der Waals surface area contributed by atoms with E-state index >= 15 is 0 Å². The van der Waals surface area contributed by atoms with Crippen LogP contribution >= 0.6 is 0 Å². The minimum Gasteiger partial charge on any atom is -0.508 e. The van der Waals surface area contributed by atoms with Crippen molar-refractivity contribution in [3.8, 4) is 5.75 Å². The molecule has 0 aliphatic carbocycles. The van der Waals surface area contributed by atoms with Crippen molar-refractivity contribution < 1.29 is 9.52 Å². The summed E-state index contributed by atoms with van der Waals surface area (Å²) >= 11 is 0. The Labute approximate surface area is 147 Å². The number of fused-ring (bicyclic) bond motifs is 2. The van der Waals surface area contributed by atoms with Crippen LogP contribution in [0.3, 0.4) is 0 Å². The van der Waals surface area contributed by atoms with E-state index in [0.29, 0.717) is 11.7 Å². The van der Waals surface area contributed by atoms with Crippen LogP contribution in [0.5, 0.6) is 5.75 Å². The zero-order valence-corrected chi connectivity index (χ0v) is 14.6. The molecule has 2 atom stereocenters. The highest BCUT2D eigenvalue weighted by molar-refractivity contribution is 5.86. The molecule has 4 aromatic rings. The second-order valence-corrected chi connectivity index (χ2v) is 6.84. The third kappa shape index (κ3) is 2.78. The summed E-state index contributed by atoms with van der Waals surface area (Å²) in [6.07, 6.45) is 3.01. The minimum absolute atomic E-state index is 0.284. The Balaban J connectivity index is 1.88. The Morgan fingerprint density at radius 1 is 0.960 bits per heavy atom. The van der Waals surface area contributed by atoms with Crippen LogP contribution in [0.1, 0.15) is 37.3 Å². The van der Waals surface area contributed by atoms with Gasteiger partial charge in [0, 0.05) is 16.9 Å². The SMILES string of the molecule is CCC(C)C(c1ccc2cc(O)ccc2c1)c1coc2ccccc12. The first-order valence-electron chi connectivity index (χ1n) is 8.86. The van der Waals surface area contributed by atoms with Crippen molar-refractivity contribution in [1.82, 2.24) is 0 Å². The van der Waals surface area contributed by atoms with Crippen LogP contribution in [0, 0.1) is 5.92 Å². The molecule has 25 heavy (non-hydrogen) atoms.